The molecule has 9 heteroatoms. The number of aromatic nitrogens is 5. The predicted molar refractivity (Wildman–Crippen MR) is 103 cm³/mol. The van der Waals surface area contributed by atoms with E-state index in [4.69, 9.17) is 0 Å². The Morgan fingerprint density at radius 3 is 2.54 bits per heavy atom. The van der Waals surface area contributed by atoms with Crippen LogP contribution in [-0.4, -0.2) is 54.4 Å². The minimum Gasteiger partial charge on any atom is -0.341 e. The van der Waals surface area contributed by atoms with Gasteiger partial charge in [0, 0.05) is 32.5 Å². The van der Waals surface area contributed by atoms with Crippen LogP contribution in [0.5, 0.6) is 0 Å². The van der Waals surface area contributed by atoms with Crippen LogP contribution in [0.4, 0.5) is 0 Å². The van der Waals surface area contributed by atoms with E-state index < -0.39 is 0 Å². The van der Waals surface area contributed by atoms with Crippen molar-refractivity contribution in [2.24, 2.45) is 18.9 Å². The summed E-state index contributed by atoms with van der Waals surface area (Å²) in [5.41, 5.74) is 0. The second kappa shape index (κ2) is 8.85. The van der Waals surface area contributed by atoms with Crippen molar-refractivity contribution in [2.75, 3.05) is 18.8 Å². The number of piperidine rings is 1. The topological polar surface area (TPSA) is 76.8 Å². The third-order valence-electron chi connectivity index (χ3n) is 4.34. The lowest BCUT2D eigenvalue weighted by Gasteiger charge is -2.34. The standard InChI is InChI=1S/C17H24N6OS2/c1-12-7-13(2)9-23(8-12)15(24)11-26-17-21-20-14(22(17)3)10-25-16-18-5-4-6-19-16/h4-6,12-13H,7-11H2,1-3H3/t12-,13-/m1/s1. The second-order valence-corrected chi connectivity index (χ2v) is 8.70. The Morgan fingerprint density at radius 2 is 1.85 bits per heavy atom. The fraction of sp³-hybridized carbons (Fsp3) is 0.588. The Kier molecular flexibility index (Phi) is 6.53. The fourth-order valence-electron chi connectivity index (χ4n) is 3.17. The van der Waals surface area contributed by atoms with Crippen LogP contribution in [0, 0.1) is 11.8 Å². The van der Waals surface area contributed by atoms with E-state index in [1.54, 1.807) is 18.5 Å². The van der Waals surface area contributed by atoms with Crippen LogP contribution < -0.4 is 0 Å². The summed E-state index contributed by atoms with van der Waals surface area (Å²) >= 11 is 2.97. The number of hydrogen-bond acceptors (Lipinski definition) is 7. The van der Waals surface area contributed by atoms with Gasteiger partial charge in [0.2, 0.25) is 5.91 Å². The van der Waals surface area contributed by atoms with Crippen molar-refractivity contribution in [3.63, 3.8) is 0 Å². The Hall–Kier alpha value is -1.61. The van der Waals surface area contributed by atoms with E-state index in [0.717, 1.165) is 24.1 Å². The van der Waals surface area contributed by atoms with Crippen LogP contribution >= 0.6 is 23.5 Å². The van der Waals surface area contributed by atoms with Gasteiger partial charge < -0.3 is 9.47 Å². The van der Waals surface area contributed by atoms with E-state index in [0.29, 0.717) is 28.5 Å². The number of carbonyl (C=O) groups excluding carboxylic acids is 1. The molecule has 0 radical (unpaired) electrons. The molecule has 0 bridgehead atoms. The second-order valence-electron chi connectivity index (χ2n) is 6.81. The first kappa shape index (κ1) is 19.2. The van der Waals surface area contributed by atoms with Gasteiger partial charge in [-0.2, -0.15) is 0 Å². The molecule has 0 aliphatic carbocycles. The molecule has 2 aromatic heterocycles. The first-order valence-corrected chi connectivity index (χ1v) is 10.7. The maximum absolute atomic E-state index is 12.5. The Labute approximate surface area is 162 Å². The molecule has 0 aromatic carbocycles. The minimum absolute atomic E-state index is 0.185. The van der Waals surface area contributed by atoms with Gasteiger partial charge >= 0.3 is 0 Å². The molecule has 1 aliphatic rings. The number of nitrogens with zero attached hydrogens (tertiary/aromatic N) is 6. The molecular weight excluding hydrogens is 368 g/mol. The zero-order valence-corrected chi connectivity index (χ0v) is 17.0. The molecule has 1 saturated heterocycles. The van der Waals surface area contributed by atoms with Gasteiger partial charge in [-0.1, -0.05) is 37.4 Å². The van der Waals surface area contributed by atoms with E-state index in [1.165, 1.54) is 29.9 Å². The molecule has 0 saturated carbocycles. The highest BCUT2D eigenvalue weighted by Gasteiger charge is 2.25. The highest BCUT2D eigenvalue weighted by atomic mass is 32.2. The normalized spacial score (nSPS) is 20.3. The number of thioether (sulfide) groups is 2. The molecule has 1 fully saturated rings. The average Bonchev–Trinajstić information content (AvgIpc) is 2.98. The van der Waals surface area contributed by atoms with Crippen molar-refractivity contribution in [1.29, 1.82) is 0 Å². The average molecular weight is 393 g/mol. The fourth-order valence-corrected chi connectivity index (χ4v) is 4.78. The first-order valence-electron chi connectivity index (χ1n) is 8.71. The quantitative estimate of drug-likeness (QED) is 0.552. The lowest BCUT2D eigenvalue weighted by Crippen LogP contribution is -2.43. The molecule has 1 aliphatic heterocycles. The van der Waals surface area contributed by atoms with Crippen molar-refractivity contribution in [3.8, 4) is 0 Å². The van der Waals surface area contributed by atoms with Gasteiger partial charge in [0.15, 0.2) is 10.3 Å². The monoisotopic (exact) mass is 392 g/mol. The summed E-state index contributed by atoms with van der Waals surface area (Å²) in [4.78, 5) is 22.9. The molecule has 2 aromatic rings. The van der Waals surface area contributed by atoms with Gasteiger partial charge in [-0.15, -0.1) is 10.2 Å². The molecule has 1 amide bonds. The van der Waals surface area contributed by atoms with E-state index in [2.05, 4.69) is 34.0 Å². The summed E-state index contributed by atoms with van der Waals surface area (Å²) in [6, 6.07) is 1.79. The molecule has 0 unspecified atom stereocenters. The SMILES string of the molecule is C[C@@H]1C[C@@H](C)CN(C(=O)CSc2nnc(CSc3ncccn3)n2C)C1. The number of carbonyl (C=O) groups is 1. The molecule has 0 spiro atoms. The molecule has 140 valence electrons. The van der Waals surface area contributed by atoms with Gasteiger partial charge in [0.1, 0.15) is 5.82 Å². The van der Waals surface area contributed by atoms with E-state index in [9.17, 15) is 4.79 Å². The number of amides is 1. The lowest BCUT2D eigenvalue weighted by atomic mass is 9.92. The van der Waals surface area contributed by atoms with Gasteiger partial charge in [-0.25, -0.2) is 9.97 Å². The molecule has 26 heavy (non-hydrogen) atoms. The van der Waals surface area contributed by atoms with Crippen LogP contribution in [0.1, 0.15) is 26.1 Å². The summed E-state index contributed by atoms with van der Waals surface area (Å²) in [5, 5.41) is 9.94. The zero-order valence-electron chi connectivity index (χ0n) is 15.3. The zero-order chi connectivity index (χ0) is 18.5. The van der Waals surface area contributed by atoms with Crippen molar-refractivity contribution in [1.82, 2.24) is 29.6 Å². The molecular formula is C17H24N6OS2. The first-order chi connectivity index (χ1) is 12.5. The van der Waals surface area contributed by atoms with Gasteiger partial charge in [-0.3, -0.25) is 4.79 Å². The summed E-state index contributed by atoms with van der Waals surface area (Å²) in [5.74, 6) is 3.23. The van der Waals surface area contributed by atoms with Gasteiger partial charge in [0.25, 0.3) is 0 Å². The highest BCUT2D eigenvalue weighted by molar-refractivity contribution is 7.99. The van der Waals surface area contributed by atoms with E-state index in [-0.39, 0.29) is 5.91 Å². The minimum atomic E-state index is 0.185. The smallest absolute Gasteiger partial charge is 0.233 e. The number of hydrogen-bond donors (Lipinski definition) is 0. The summed E-state index contributed by atoms with van der Waals surface area (Å²) in [6.07, 6.45) is 4.65. The third-order valence-corrected chi connectivity index (χ3v) is 6.22. The van der Waals surface area contributed by atoms with E-state index in [1.807, 2.05) is 16.5 Å². The molecule has 3 rings (SSSR count). The predicted octanol–water partition coefficient (Wildman–Crippen LogP) is 2.49. The van der Waals surface area contributed by atoms with Crippen molar-refractivity contribution in [2.45, 2.75) is 36.3 Å². The maximum Gasteiger partial charge on any atom is 0.233 e. The van der Waals surface area contributed by atoms with E-state index >= 15 is 0 Å². The van der Waals surface area contributed by atoms with Crippen molar-refractivity contribution < 1.29 is 4.79 Å². The third kappa shape index (κ3) is 4.97. The largest absolute Gasteiger partial charge is 0.341 e. The van der Waals surface area contributed by atoms with Gasteiger partial charge in [0.05, 0.1) is 11.5 Å². The molecule has 3 heterocycles. The van der Waals surface area contributed by atoms with Crippen LogP contribution in [0.25, 0.3) is 0 Å². The maximum atomic E-state index is 12.5. The number of likely N-dealkylation sites (tertiary alicyclic amines) is 1. The van der Waals surface area contributed by atoms with Crippen LogP contribution in [0.2, 0.25) is 0 Å². The Bertz CT molecular complexity index is 728. The molecule has 0 N–H and O–H groups in total. The Morgan fingerprint density at radius 1 is 1.15 bits per heavy atom. The molecule has 7 nitrogen and oxygen atoms in total. The van der Waals surface area contributed by atoms with Gasteiger partial charge in [-0.05, 0) is 24.3 Å². The summed E-state index contributed by atoms with van der Waals surface area (Å²) in [6.45, 7) is 6.15. The van der Waals surface area contributed by atoms with Crippen molar-refractivity contribution >= 4 is 29.4 Å². The van der Waals surface area contributed by atoms with Crippen molar-refractivity contribution in [3.05, 3.63) is 24.3 Å². The Balaban J connectivity index is 1.52. The molecule has 2 atom stereocenters. The van der Waals surface area contributed by atoms with Crippen LogP contribution in [-0.2, 0) is 17.6 Å². The summed E-state index contributed by atoms with van der Waals surface area (Å²) < 4.78 is 1.94. The highest BCUT2D eigenvalue weighted by Crippen LogP contribution is 2.24. The van der Waals surface area contributed by atoms with Crippen LogP contribution in [0.15, 0.2) is 28.8 Å². The number of rotatable bonds is 6. The lowest BCUT2D eigenvalue weighted by molar-refractivity contribution is -0.130. The summed E-state index contributed by atoms with van der Waals surface area (Å²) in [7, 11) is 1.93. The van der Waals surface area contributed by atoms with Crippen LogP contribution in [0.3, 0.4) is 0 Å².